The van der Waals surface area contributed by atoms with E-state index in [1.54, 1.807) is 12.1 Å². The Bertz CT molecular complexity index is 555. The highest BCUT2D eigenvalue weighted by Crippen LogP contribution is 2.40. The fourth-order valence-electron chi connectivity index (χ4n) is 2.24. The van der Waals surface area contributed by atoms with Gasteiger partial charge >= 0.3 is 0 Å². The fraction of sp³-hybridized carbons (Fsp3) is 0.357. The van der Waals surface area contributed by atoms with Gasteiger partial charge in [0.25, 0.3) is 0 Å². The minimum absolute atomic E-state index is 0.247. The van der Waals surface area contributed by atoms with Crippen molar-refractivity contribution in [3.8, 4) is 11.3 Å². The number of hydrogen-bond donors (Lipinski definition) is 1. The molecule has 1 heterocycles. The molecule has 3 nitrogen and oxygen atoms in total. The number of anilines is 1. The molecule has 18 heavy (non-hydrogen) atoms. The van der Waals surface area contributed by atoms with Gasteiger partial charge in [-0.3, -0.25) is 4.68 Å². The lowest BCUT2D eigenvalue weighted by Gasteiger charge is -2.09. The van der Waals surface area contributed by atoms with E-state index < -0.39 is 0 Å². The van der Waals surface area contributed by atoms with E-state index in [1.807, 2.05) is 10.9 Å². The topological polar surface area (TPSA) is 43.8 Å². The maximum atomic E-state index is 12.9. The average Bonchev–Trinajstić information content (AvgIpc) is 3.13. The first kappa shape index (κ1) is 11.3. The van der Waals surface area contributed by atoms with Gasteiger partial charge in [-0.05, 0) is 49.9 Å². The molecule has 3 rings (SSSR count). The third-order valence-corrected chi connectivity index (χ3v) is 3.60. The monoisotopic (exact) mass is 245 g/mol. The molecule has 1 unspecified atom stereocenters. The third kappa shape index (κ3) is 1.98. The lowest BCUT2D eigenvalue weighted by atomic mass is 10.1. The largest absolute Gasteiger partial charge is 0.396 e. The number of aromatic nitrogens is 2. The summed E-state index contributed by atoms with van der Waals surface area (Å²) in [7, 11) is 0. The van der Waals surface area contributed by atoms with E-state index in [9.17, 15) is 4.39 Å². The van der Waals surface area contributed by atoms with Gasteiger partial charge in [-0.1, -0.05) is 0 Å². The van der Waals surface area contributed by atoms with Gasteiger partial charge in [-0.2, -0.15) is 5.10 Å². The summed E-state index contributed by atoms with van der Waals surface area (Å²) in [6.07, 6.45) is 4.42. The summed E-state index contributed by atoms with van der Waals surface area (Å²) in [5.74, 6) is 0.480. The van der Waals surface area contributed by atoms with Crippen molar-refractivity contribution in [1.82, 2.24) is 9.78 Å². The predicted octanol–water partition coefficient (Wildman–Crippen LogP) is 3.24. The Labute approximate surface area is 105 Å². The van der Waals surface area contributed by atoms with Crippen molar-refractivity contribution in [3.05, 3.63) is 36.3 Å². The summed E-state index contributed by atoms with van der Waals surface area (Å²) in [6, 6.07) is 6.66. The molecule has 1 aromatic carbocycles. The zero-order chi connectivity index (χ0) is 12.7. The Morgan fingerprint density at radius 3 is 2.61 bits per heavy atom. The highest BCUT2D eigenvalue weighted by atomic mass is 19.1. The molecule has 2 aromatic rings. The SMILES string of the molecule is CC(C1CC1)n1cc(N)c(-c2ccc(F)cc2)n1. The standard InChI is InChI=1S/C14H16FN3/c1-9(10-2-3-10)18-8-13(16)14(17-18)11-4-6-12(15)7-5-11/h4-10H,2-3,16H2,1H3. The molecule has 1 fully saturated rings. The van der Waals surface area contributed by atoms with Crippen LogP contribution >= 0.6 is 0 Å². The van der Waals surface area contributed by atoms with Crippen molar-refractivity contribution < 1.29 is 4.39 Å². The summed E-state index contributed by atoms with van der Waals surface area (Å²) in [5, 5.41) is 4.54. The Kier molecular flexibility index (Phi) is 2.58. The van der Waals surface area contributed by atoms with E-state index in [4.69, 9.17) is 5.73 Å². The van der Waals surface area contributed by atoms with E-state index >= 15 is 0 Å². The van der Waals surface area contributed by atoms with Gasteiger partial charge in [0.2, 0.25) is 0 Å². The Morgan fingerprint density at radius 2 is 2.00 bits per heavy atom. The molecule has 1 aliphatic rings. The van der Waals surface area contributed by atoms with Gasteiger partial charge in [0.05, 0.1) is 11.7 Å². The van der Waals surface area contributed by atoms with Crippen molar-refractivity contribution in [3.63, 3.8) is 0 Å². The third-order valence-electron chi connectivity index (χ3n) is 3.60. The second kappa shape index (κ2) is 4.12. The Morgan fingerprint density at radius 1 is 1.33 bits per heavy atom. The van der Waals surface area contributed by atoms with E-state index in [0.29, 0.717) is 11.7 Å². The molecule has 0 aliphatic heterocycles. The van der Waals surface area contributed by atoms with Crippen LogP contribution in [0.5, 0.6) is 0 Å². The fourth-order valence-corrected chi connectivity index (χ4v) is 2.24. The number of nitrogens with zero attached hydrogens (tertiary/aromatic N) is 2. The first-order valence-electron chi connectivity index (χ1n) is 6.25. The van der Waals surface area contributed by atoms with Gasteiger partial charge in [-0.25, -0.2) is 4.39 Å². The number of hydrogen-bond acceptors (Lipinski definition) is 2. The molecule has 0 radical (unpaired) electrons. The zero-order valence-electron chi connectivity index (χ0n) is 10.3. The second-order valence-corrected chi connectivity index (χ2v) is 5.00. The molecule has 0 saturated heterocycles. The van der Waals surface area contributed by atoms with Crippen LogP contribution in [0.2, 0.25) is 0 Å². The summed E-state index contributed by atoms with van der Waals surface area (Å²) in [5.41, 5.74) is 8.24. The van der Waals surface area contributed by atoms with E-state index in [0.717, 1.165) is 17.2 Å². The summed E-state index contributed by atoms with van der Waals surface area (Å²) < 4.78 is 14.8. The van der Waals surface area contributed by atoms with Crippen LogP contribution in [0.15, 0.2) is 30.5 Å². The first-order valence-corrected chi connectivity index (χ1v) is 6.25. The normalized spacial score (nSPS) is 16.8. The van der Waals surface area contributed by atoms with Gasteiger partial charge < -0.3 is 5.73 Å². The van der Waals surface area contributed by atoms with Crippen molar-refractivity contribution >= 4 is 5.69 Å². The molecule has 0 bridgehead atoms. The van der Waals surface area contributed by atoms with E-state index in [-0.39, 0.29) is 5.82 Å². The van der Waals surface area contributed by atoms with E-state index in [1.165, 1.54) is 25.0 Å². The highest BCUT2D eigenvalue weighted by Gasteiger charge is 2.30. The zero-order valence-corrected chi connectivity index (χ0v) is 10.3. The lowest BCUT2D eigenvalue weighted by Crippen LogP contribution is -2.07. The van der Waals surface area contributed by atoms with Crippen LogP contribution in [0.25, 0.3) is 11.3 Å². The molecule has 4 heteroatoms. The first-order chi connectivity index (χ1) is 8.65. The number of halogens is 1. The van der Waals surface area contributed by atoms with Crippen LogP contribution in [-0.2, 0) is 0 Å². The minimum Gasteiger partial charge on any atom is -0.396 e. The smallest absolute Gasteiger partial charge is 0.123 e. The summed E-state index contributed by atoms with van der Waals surface area (Å²) in [6.45, 7) is 2.17. The van der Waals surface area contributed by atoms with Gasteiger partial charge in [0, 0.05) is 11.8 Å². The number of benzene rings is 1. The second-order valence-electron chi connectivity index (χ2n) is 5.00. The number of nitrogen functional groups attached to an aromatic ring is 1. The molecule has 0 amide bonds. The summed E-state index contributed by atoms with van der Waals surface area (Å²) >= 11 is 0. The van der Waals surface area contributed by atoms with Crippen LogP contribution in [0.4, 0.5) is 10.1 Å². The molecular weight excluding hydrogens is 229 g/mol. The molecule has 2 N–H and O–H groups in total. The Hall–Kier alpha value is -1.84. The quantitative estimate of drug-likeness (QED) is 0.902. The minimum atomic E-state index is -0.247. The molecule has 94 valence electrons. The molecular formula is C14H16FN3. The number of rotatable bonds is 3. The molecule has 0 spiro atoms. The predicted molar refractivity (Wildman–Crippen MR) is 69.5 cm³/mol. The maximum absolute atomic E-state index is 12.9. The van der Waals surface area contributed by atoms with Crippen LogP contribution in [-0.4, -0.2) is 9.78 Å². The van der Waals surface area contributed by atoms with Gasteiger partial charge in [0.1, 0.15) is 11.5 Å². The lowest BCUT2D eigenvalue weighted by molar-refractivity contribution is 0.441. The van der Waals surface area contributed by atoms with Crippen molar-refractivity contribution in [1.29, 1.82) is 0 Å². The van der Waals surface area contributed by atoms with Gasteiger partial charge in [0.15, 0.2) is 0 Å². The average molecular weight is 245 g/mol. The van der Waals surface area contributed by atoms with Crippen LogP contribution in [0.3, 0.4) is 0 Å². The van der Waals surface area contributed by atoms with Crippen LogP contribution < -0.4 is 5.73 Å². The van der Waals surface area contributed by atoms with Crippen molar-refractivity contribution in [2.45, 2.75) is 25.8 Å². The highest BCUT2D eigenvalue weighted by molar-refractivity contribution is 5.71. The summed E-state index contributed by atoms with van der Waals surface area (Å²) in [4.78, 5) is 0. The molecule has 1 aromatic heterocycles. The Balaban J connectivity index is 1.94. The van der Waals surface area contributed by atoms with Crippen molar-refractivity contribution in [2.24, 2.45) is 5.92 Å². The molecule has 1 saturated carbocycles. The maximum Gasteiger partial charge on any atom is 0.123 e. The molecule has 1 aliphatic carbocycles. The van der Waals surface area contributed by atoms with Gasteiger partial charge in [-0.15, -0.1) is 0 Å². The van der Waals surface area contributed by atoms with Crippen LogP contribution in [0.1, 0.15) is 25.8 Å². The molecule has 1 atom stereocenters. The van der Waals surface area contributed by atoms with E-state index in [2.05, 4.69) is 12.0 Å². The number of nitrogens with two attached hydrogens (primary N) is 1. The van der Waals surface area contributed by atoms with Crippen LogP contribution in [0, 0.1) is 11.7 Å². The van der Waals surface area contributed by atoms with Crippen molar-refractivity contribution in [2.75, 3.05) is 5.73 Å².